The topological polar surface area (TPSA) is 29.1 Å². The summed E-state index contributed by atoms with van der Waals surface area (Å²) in [6.07, 6.45) is 3.29. The van der Waals surface area contributed by atoms with Gasteiger partial charge in [-0.2, -0.15) is 11.8 Å². The van der Waals surface area contributed by atoms with Gasteiger partial charge < -0.3 is 5.32 Å². The molecule has 0 saturated carbocycles. The predicted molar refractivity (Wildman–Crippen MR) is 77.7 cm³/mol. The van der Waals surface area contributed by atoms with Crippen LogP contribution in [0.1, 0.15) is 12.8 Å². The fraction of sp³-hybridized carbons (Fsp3) is 0.364. The maximum absolute atomic E-state index is 11.6. The van der Waals surface area contributed by atoms with Crippen molar-refractivity contribution in [2.24, 2.45) is 0 Å². The van der Waals surface area contributed by atoms with E-state index in [2.05, 4.69) is 5.32 Å². The van der Waals surface area contributed by atoms with Gasteiger partial charge in [-0.15, -0.1) is 0 Å². The second-order valence-electron chi connectivity index (χ2n) is 3.39. The van der Waals surface area contributed by atoms with Gasteiger partial charge in [-0.3, -0.25) is 4.79 Å². The minimum Gasteiger partial charge on any atom is -0.324 e. The third-order valence-corrected chi connectivity index (χ3v) is 3.53. The van der Waals surface area contributed by atoms with E-state index in [1.54, 1.807) is 23.9 Å². The molecule has 1 rings (SSSR count). The highest BCUT2D eigenvalue weighted by atomic mass is 35.5. The van der Waals surface area contributed by atoms with E-state index in [4.69, 9.17) is 34.8 Å². The summed E-state index contributed by atoms with van der Waals surface area (Å²) in [5.41, 5.74) is 0.423. The molecule has 0 fully saturated rings. The zero-order chi connectivity index (χ0) is 12.8. The molecule has 0 radical (unpaired) electrons. The Balaban J connectivity index is 2.65. The molecule has 0 aliphatic heterocycles. The van der Waals surface area contributed by atoms with Crippen molar-refractivity contribution in [3.05, 3.63) is 27.2 Å². The summed E-state index contributed by atoms with van der Waals surface area (Å²) >= 11 is 19.4. The summed E-state index contributed by atoms with van der Waals surface area (Å²) in [6.45, 7) is 0. The van der Waals surface area contributed by atoms with Crippen molar-refractivity contribution in [1.82, 2.24) is 0 Å². The van der Waals surface area contributed by atoms with Crippen LogP contribution in [0.15, 0.2) is 12.1 Å². The quantitative estimate of drug-likeness (QED) is 0.796. The molecular weight excluding hydrogens is 301 g/mol. The molecule has 0 aliphatic carbocycles. The van der Waals surface area contributed by atoms with Crippen molar-refractivity contribution in [3.8, 4) is 0 Å². The lowest BCUT2D eigenvalue weighted by molar-refractivity contribution is -0.116. The molecule has 0 bridgehead atoms. The van der Waals surface area contributed by atoms with Gasteiger partial charge in [-0.05, 0) is 30.6 Å². The van der Waals surface area contributed by atoms with Crippen molar-refractivity contribution in [2.45, 2.75) is 12.8 Å². The van der Waals surface area contributed by atoms with Crippen LogP contribution in [0.2, 0.25) is 15.1 Å². The second-order valence-corrected chi connectivity index (χ2v) is 5.63. The Morgan fingerprint density at radius 2 is 1.88 bits per heavy atom. The van der Waals surface area contributed by atoms with Gasteiger partial charge in [-0.25, -0.2) is 0 Å². The molecule has 0 aliphatic rings. The molecule has 0 aromatic heterocycles. The number of anilines is 1. The first-order chi connectivity index (χ1) is 8.04. The van der Waals surface area contributed by atoms with Crippen LogP contribution >= 0.6 is 46.6 Å². The van der Waals surface area contributed by atoms with E-state index in [1.165, 1.54) is 0 Å². The minimum absolute atomic E-state index is 0.0924. The molecule has 0 spiro atoms. The van der Waals surface area contributed by atoms with Crippen molar-refractivity contribution < 1.29 is 4.79 Å². The number of thioether (sulfide) groups is 1. The monoisotopic (exact) mass is 311 g/mol. The molecule has 0 heterocycles. The third-order valence-electron chi connectivity index (χ3n) is 2.02. The Labute approximate surface area is 120 Å². The summed E-state index contributed by atoms with van der Waals surface area (Å²) in [4.78, 5) is 11.6. The van der Waals surface area contributed by atoms with Crippen molar-refractivity contribution >= 4 is 58.2 Å². The van der Waals surface area contributed by atoms with E-state index in [0.29, 0.717) is 27.2 Å². The summed E-state index contributed by atoms with van der Waals surface area (Å²) < 4.78 is 0. The van der Waals surface area contributed by atoms with Gasteiger partial charge in [0.25, 0.3) is 0 Å². The fourth-order valence-electron chi connectivity index (χ4n) is 1.24. The van der Waals surface area contributed by atoms with Gasteiger partial charge >= 0.3 is 0 Å². The van der Waals surface area contributed by atoms with E-state index in [0.717, 1.165) is 12.2 Å². The lowest BCUT2D eigenvalue weighted by atomic mass is 10.2. The Hall–Kier alpha value is -0.0900. The van der Waals surface area contributed by atoms with Gasteiger partial charge in [0.05, 0.1) is 15.7 Å². The van der Waals surface area contributed by atoms with E-state index in [9.17, 15) is 4.79 Å². The maximum atomic E-state index is 11.6. The molecule has 2 nitrogen and oxygen atoms in total. The number of benzene rings is 1. The molecule has 1 amide bonds. The molecule has 94 valence electrons. The van der Waals surface area contributed by atoms with E-state index in [-0.39, 0.29) is 5.91 Å². The molecule has 0 atom stereocenters. The average Bonchev–Trinajstić information content (AvgIpc) is 2.24. The van der Waals surface area contributed by atoms with E-state index < -0.39 is 0 Å². The molecule has 6 heteroatoms. The number of hydrogen-bond donors (Lipinski definition) is 1. The Bertz CT molecular complexity index is 389. The highest BCUT2D eigenvalue weighted by Crippen LogP contribution is 2.33. The molecule has 0 saturated heterocycles. The van der Waals surface area contributed by atoms with Crippen LogP contribution < -0.4 is 5.32 Å². The number of amides is 1. The predicted octanol–water partition coefficient (Wildman–Crippen LogP) is 4.73. The number of rotatable bonds is 5. The molecule has 17 heavy (non-hydrogen) atoms. The largest absolute Gasteiger partial charge is 0.324 e. The van der Waals surface area contributed by atoms with Crippen molar-refractivity contribution in [3.63, 3.8) is 0 Å². The van der Waals surface area contributed by atoms with Crippen LogP contribution in [0, 0.1) is 0 Å². The first kappa shape index (κ1) is 15.0. The maximum Gasteiger partial charge on any atom is 0.224 e. The van der Waals surface area contributed by atoms with Crippen LogP contribution in [0.3, 0.4) is 0 Å². The number of halogens is 3. The van der Waals surface area contributed by atoms with E-state index >= 15 is 0 Å². The highest BCUT2D eigenvalue weighted by Gasteiger charge is 2.10. The number of carbonyl (C=O) groups excluding carboxylic acids is 1. The van der Waals surface area contributed by atoms with Crippen LogP contribution in [0.25, 0.3) is 0 Å². The van der Waals surface area contributed by atoms with Crippen LogP contribution in [0.5, 0.6) is 0 Å². The smallest absolute Gasteiger partial charge is 0.224 e. The number of carbonyl (C=O) groups is 1. The summed E-state index contributed by atoms with van der Waals surface area (Å²) in [5, 5.41) is 3.83. The van der Waals surface area contributed by atoms with Gasteiger partial charge in [0.1, 0.15) is 0 Å². The van der Waals surface area contributed by atoms with Gasteiger partial charge in [0, 0.05) is 11.4 Å². The SMILES string of the molecule is CSCCCC(=O)Nc1c(Cl)cc(Cl)cc1Cl. The second kappa shape index (κ2) is 7.37. The van der Waals surface area contributed by atoms with Crippen LogP contribution in [0.4, 0.5) is 5.69 Å². The zero-order valence-electron chi connectivity index (χ0n) is 9.23. The summed E-state index contributed by atoms with van der Waals surface area (Å²) in [6, 6.07) is 3.10. The normalized spacial score (nSPS) is 10.4. The lowest BCUT2D eigenvalue weighted by Gasteiger charge is -2.09. The van der Waals surface area contributed by atoms with Crippen LogP contribution in [-0.2, 0) is 4.79 Å². The first-order valence-electron chi connectivity index (χ1n) is 4.98. The standard InChI is InChI=1S/C11H12Cl3NOS/c1-17-4-2-3-10(16)15-11-8(13)5-7(12)6-9(11)14/h5-6H,2-4H2,1H3,(H,15,16). The number of hydrogen-bond acceptors (Lipinski definition) is 2. The highest BCUT2D eigenvalue weighted by molar-refractivity contribution is 7.98. The third kappa shape index (κ3) is 4.96. The molecule has 1 aromatic carbocycles. The van der Waals surface area contributed by atoms with Crippen molar-refractivity contribution in [2.75, 3.05) is 17.3 Å². The average molecular weight is 313 g/mol. The Kier molecular flexibility index (Phi) is 6.49. The molecule has 1 N–H and O–H groups in total. The molecule has 1 aromatic rings. The van der Waals surface area contributed by atoms with Gasteiger partial charge in [0.15, 0.2) is 0 Å². The minimum atomic E-state index is -0.0924. The summed E-state index contributed by atoms with van der Waals surface area (Å²) in [5.74, 6) is 0.861. The fourth-order valence-corrected chi connectivity index (χ4v) is 2.59. The lowest BCUT2D eigenvalue weighted by Crippen LogP contribution is -2.12. The Morgan fingerprint density at radius 1 is 1.29 bits per heavy atom. The first-order valence-corrected chi connectivity index (χ1v) is 7.50. The van der Waals surface area contributed by atoms with E-state index in [1.807, 2.05) is 6.26 Å². The van der Waals surface area contributed by atoms with Crippen LogP contribution in [-0.4, -0.2) is 17.9 Å². The molecule has 0 unspecified atom stereocenters. The summed E-state index contributed by atoms with van der Waals surface area (Å²) in [7, 11) is 0. The zero-order valence-corrected chi connectivity index (χ0v) is 12.3. The number of nitrogens with one attached hydrogen (secondary N) is 1. The Morgan fingerprint density at radius 3 is 2.41 bits per heavy atom. The molecular formula is C11H12Cl3NOS. The van der Waals surface area contributed by atoms with Gasteiger partial charge in [0.2, 0.25) is 5.91 Å². The van der Waals surface area contributed by atoms with Gasteiger partial charge in [-0.1, -0.05) is 34.8 Å². The van der Waals surface area contributed by atoms with Crippen molar-refractivity contribution in [1.29, 1.82) is 0 Å².